The minimum Gasteiger partial charge on any atom is -0.465 e. The van der Waals surface area contributed by atoms with E-state index in [1.165, 1.54) is 17.0 Å². The topological polar surface area (TPSA) is 92.8 Å². The van der Waals surface area contributed by atoms with Gasteiger partial charge in [-0.3, -0.25) is 4.79 Å². The first kappa shape index (κ1) is 22.7. The Bertz CT molecular complexity index is 1190. The van der Waals surface area contributed by atoms with E-state index in [2.05, 4.69) is 4.72 Å². The van der Waals surface area contributed by atoms with Gasteiger partial charge in [-0.15, -0.1) is 11.3 Å². The van der Waals surface area contributed by atoms with Gasteiger partial charge >= 0.3 is 12.1 Å². The Morgan fingerprint density at radius 1 is 1.25 bits per heavy atom. The summed E-state index contributed by atoms with van der Waals surface area (Å²) in [5.74, 6) is -1.38. The normalized spacial score (nSPS) is 16.6. The second-order valence-corrected chi connectivity index (χ2v) is 10.6. The zero-order valence-electron chi connectivity index (χ0n) is 16.9. The standard InChI is InChI=1S/C20H19F3N2O5S2/c1-30-18(27)16-14-7-8-25(17(26)11-3-2-4-12(9-11)20(21,22)23)10-15(14)31-19(16)32(28,29)24-13-5-6-13/h2-4,9,13,24H,5-8,10H2,1H3. The molecule has 1 aliphatic carbocycles. The molecule has 1 saturated carbocycles. The predicted octanol–water partition coefficient (Wildman–Crippen LogP) is 3.19. The van der Waals surface area contributed by atoms with Gasteiger partial charge in [-0.05, 0) is 43.0 Å². The molecule has 0 bridgehead atoms. The first-order valence-corrected chi connectivity index (χ1v) is 12.0. The Labute approximate surface area is 186 Å². The van der Waals surface area contributed by atoms with E-state index < -0.39 is 33.6 Å². The Morgan fingerprint density at radius 2 is 1.97 bits per heavy atom. The van der Waals surface area contributed by atoms with Crippen molar-refractivity contribution in [3.8, 4) is 0 Å². The highest BCUT2D eigenvalue weighted by Crippen LogP contribution is 2.38. The van der Waals surface area contributed by atoms with E-state index in [4.69, 9.17) is 4.74 Å². The third-order valence-electron chi connectivity index (χ3n) is 5.28. The van der Waals surface area contributed by atoms with E-state index in [0.29, 0.717) is 10.4 Å². The fraction of sp³-hybridized carbons (Fsp3) is 0.400. The zero-order chi connectivity index (χ0) is 23.3. The van der Waals surface area contributed by atoms with Gasteiger partial charge in [0.05, 0.1) is 24.8 Å². The molecular weight excluding hydrogens is 469 g/mol. The molecule has 1 N–H and O–H groups in total. The van der Waals surface area contributed by atoms with Gasteiger partial charge in [-0.25, -0.2) is 17.9 Å². The van der Waals surface area contributed by atoms with Crippen LogP contribution >= 0.6 is 11.3 Å². The lowest BCUT2D eigenvalue weighted by atomic mass is 10.0. The van der Waals surface area contributed by atoms with Gasteiger partial charge in [0, 0.05) is 23.0 Å². The summed E-state index contributed by atoms with van der Waals surface area (Å²) >= 11 is 0.881. The number of fused-ring (bicyclic) bond motifs is 1. The van der Waals surface area contributed by atoms with Gasteiger partial charge in [-0.1, -0.05) is 6.07 Å². The maximum Gasteiger partial charge on any atom is 0.416 e. The number of thiophene rings is 1. The van der Waals surface area contributed by atoms with Crippen molar-refractivity contribution < 1.29 is 35.9 Å². The van der Waals surface area contributed by atoms with E-state index in [-0.39, 0.29) is 40.9 Å². The molecular formula is C20H19F3N2O5S2. The number of nitrogens with one attached hydrogen (secondary N) is 1. The van der Waals surface area contributed by atoms with Crippen LogP contribution in [0.2, 0.25) is 0 Å². The van der Waals surface area contributed by atoms with Crippen LogP contribution in [0, 0.1) is 0 Å². The van der Waals surface area contributed by atoms with Gasteiger partial charge in [-0.2, -0.15) is 13.2 Å². The lowest BCUT2D eigenvalue weighted by Crippen LogP contribution is -2.36. The molecule has 1 aromatic heterocycles. The molecule has 32 heavy (non-hydrogen) atoms. The van der Waals surface area contributed by atoms with Crippen molar-refractivity contribution in [3.63, 3.8) is 0 Å². The highest BCUT2D eigenvalue weighted by molar-refractivity contribution is 7.91. The number of ether oxygens (including phenoxy) is 1. The molecule has 7 nitrogen and oxygen atoms in total. The van der Waals surface area contributed by atoms with Gasteiger partial charge < -0.3 is 9.64 Å². The third-order valence-corrected chi connectivity index (χ3v) is 8.54. The number of rotatable bonds is 5. The Kier molecular flexibility index (Phi) is 5.80. The Morgan fingerprint density at radius 3 is 2.59 bits per heavy atom. The van der Waals surface area contributed by atoms with Crippen LogP contribution in [0.5, 0.6) is 0 Å². The molecule has 2 aliphatic rings. The van der Waals surface area contributed by atoms with Crippen molar-refractivity contribution in [1.82, 2.24) is 9.62 Å². The Hall–Kier alpha value is -2.44. The predicted molar refractivity (Wildman–Crippen MR) is 109 cm³/mol. The summed E-state index contributed by atoms with van der Waals surface area (Å²) in [6.07, 6.45) is -2.96. The van der Waals surface area contributed by atoms with Gasteiger partial charge in [0.15, 0.2) is 0 Å². The monoisotopic (exact) mass is 488 g/mol. The lowest BCUT2D eigenvalue weighted by Gasteiger charge is -2.27. The van der Waals surface area contributed by atoms with Crippen molar-refractivity contribution in [1.29, 1.82) is 0 Å². The van der Waals surface area contributed by atoms with Crippen molar-refractivity contribution >= 4 is 33.2 Å². The first-order chi connectivity index (χ1) is 15.0. The first-order valence-electron chi connectivity index (χ1n) is 9.73. The number of alkyl halides is 3. The molecule has 1 aliphatic heterocycles. The molecule has 0 radical (unpaired) electrons. The van der Waals surface area contributed by atoms with Crippen LogP contribution in [0.1, 0.15) is 49.6 Å². The fourth-order valence-electron chi connectivity index (χ4n) is 3.53. The van der Waals surface area contributed by atoms with Crippen LogP contribution < -0.4 is 4.72 Å². The largest absolute Gasteiger partial charge is 0.465 e. The van der Waals surface area contributed by atoms with Crippen LogP contribution in [0.25, 0.3) is 0 Å². The quantitative estimate of drug-likeness (QED) is 0.653. The highest BCUT2D eigenvalue weighted by Gasteiger charge is 2.38. The van der Waals surface area contributed by atoms with Crippen molar-refractivity contribution in [3.05, 3.63) is 51.4 Å². The zero-order valence-corrected chi connectivity index (χ0v) is 18.5. The van der Waals surface area contributed by atoms with E-state index >= 15 is 0 Å². The van der Waals surface area contributed by atoms with Gasteiger partial charge in [0.25, 0.3) is 15.9 Å². The average molecular weight is 489 g/mol. The number of sulfonamides is 1. The number of esters is 1. The SMILES string of the molecule is COC(=O)c1c(S(=O)(=O)NC2CC2)sc2c1CCN(C(=O)c1cccc(C(F)(F)F)c1)C2. The molecule has 172 valence electrons. The molecule has 12 heteroatoms. The molecule has 1 amide bonds. The van der Waals surface area contributed by atoms with Crippen LogP contribution in [0.3, 0.4) is 0 Å². The number of carbonyl (C=O) groups excluding carboxylic acids is 2. The van der Waals surface area contributed by atoms with Crippen molar-refractivity contribution in [2.45, 2.75) is 42.2 Å². The number of methoxy groups -OCH3 is 1. The van der Waals surface area contributed by atoms with E-state index in [9.17, 15) is 31.2 Å². The summed E-state index contributed by atoms with van der Waals surface area (Å²) < 4.78 is 71.8. The molecule has 1 fully saturated rings. The number of benzene rings is 1. The number of halogens is 3. The van der Waals surface area contributed by atoms with Crippen LogP contribution in [-0.2, 0) is 33.9 Å². The molecule has 0 saturated heterocycles. The van der Waals surface area contributed by atoms with Gasteiger partial charge in [0.1, 0.15) is 4.21 Å². The summed E-state index contributed by atoms with van der Waals surface area (Å²) in [7, 11) is -2.79. The smallest absolute Gasteiger partial charge is 0.416 e. The molecule has 0 unspecified atom stereocenters. The molecule has 2 aromatic rings. The number of carbonyl (C=O) groups is 2. The summed E-state index contributed by atoms with van der Waals surface area (Å²) in [6.45, 7) is 0.108. The Balaban J connectivity index is 1.65. The van der Waals surface area contributed by atoms with Crippen LogP contribution in [0.4, 0.5) is 13.2 Å². The molecule has 4 rings (SSSR count). The highest BCUT2D eigenvalue weighted by atomic mass is 32.2. The summed E-state index contributed by atoms with van der Waals surface area (Å²) in [5.41, 5.74) is -0.584. The number of nitrogens with zero attached hydrogens (tertiary/aromatic N) is 1. The maximum atomic E-state index is 13.0. The minimum absolute atomic E-state index is 0.0159. The molecule has 0 atom stereocenters. The van der Waals surface area contributed by atoms with Gasteiger partial charge in [0.2, 0.25) is 0 Å². The van der Waals surface area contributed by atoms with Crippen molar-refractivity contribution in [2.24, 2.45) is 0 Å². The maximum absolute atomic E-state index is 13.0. The lowest BCUT2D eigenvalue weighted by molar-refractivity contribution is -0.137. The minimum atomic E-state index is -4.58. The van der Waals surface area contributed by atoms with E-state index in [1.54, 1.807) is 0 Å². The van der Waals surface area contributed by atoms with Crippen LogP contribution in [-0.4, -0.2) is 44.9 Å². The number of hydrogen-bond acceptors (Lipinski definition) is 6. The second kappa shape index (κ2) is 8.16. The number of amides is 1. The molecule has 2 heterocycles. The van der Waals surface area contributed by atoms with Crippen LogP contribution in [0.15, 0.2) is 28.5 Å². The number of hydrogen-bond donors (Lipinski definition) is 1. The summed E-state index contributed by atoms with van der Waals surface area (Å²) in [6, 6.07) is 3.99. The fourth-order valence-corrected chi connectivity index (χ4v) is 6.76. The van der Waals surface area contributed by atoms with E-state index in [0.717, 1.165) is 43.4 Å². The summed E-state index contributed by atoms with van der Waals surface area (Å²) in [5, 5.41) is 0. The molecule has 0 spiro atoms. The van der Waals surface area contributed by atoms with E-state index in [1.807, 2.05) is 0 Å². The third kappa shape index (κ3) is 4.39. The molecule has 1 aromatic carbocycles. The summed E-state index contributed by atoms with van der Waals surface area (Å²) in [4.78, 5) is 27.1. The second-order valence-electron chi connectivity index (χ2n) is 7.61. The average Bonchev–Trinajstić information content (AvgIpc) is 3.46. The van der Waals surface area contributed by atoms with Crippen molar-refractivity contribution in [2.75, 3.05) is 13.7 Å².